The second kappa shape index (κ2) is 3.42. The van der Waals surface area contributed by atoms with Gasteiger partial charge in [0.1, 0.15) is 5.54 Å². The summed E-state index contributed by atoms with van der Waals surface area (Å²) in [5, 5.41) is 8.95. The predicted molar refractivity (Wildman–Crippen MR) is 55.1 cm³/mol. The molecule has 0 aromatic heterocycles. The van der Waals surface area contributed by atoms with Gasteiger partial charge in [0.05, 0.1) is 0 Å². The Labute approximate surface area is 83.6 Å². The SMILES string of the molecule is Cc1cc(C)cc([C@@](C)(N)C(=O)O)c1. The van der Waals surface area contributed by atoms with Crippen molar-refractivity contribution in [3.63, 3.8) is 0 Å². The number of carbonyl (C=O) groups is 1. The molecule has 1 rings (SSSR count). The number of benzene rings is 1. The molecule has 1 aromatic carbocycles. The first-order valence-corrected chi connectivity index (χ1v) is 4.45. The van der Waals surface area contributed by atoms with Gasteiger partial charge in [-0.25, -0.2) is 4.79 Å². The van der Waals surface area contributed by atoms with Crippen molar-refractivity contribution in [3.05, 3.63) is 34.9 Å². The van der Waals surface area contributed by atoms with Gasteiger partial charge in [0.25, 0.3) is 0 Å². The maximum atomic E-state index is 10.9. The van der Waals surface area contributed by atoms with Gasteiger partial charge >= 0.3 is 5.97 Å². The lowest BCUT2D eigenvalue weighted by Gasteiger charge is -2.20. The van der Waals surface area contributed by atoms with Gasteiger partial charge in [0, 0.05) is 0 Å². The largest absolute Gasteiger partial charge is 0.480 e. The van der Waals surface area contributed by atoms with Gasteiger partial charge in [0.15, 0.2) is 0 Å². The molecule has 0 bridgehead atoms. The number of carboxylic acids is 1. The van der Waals surface area contributed by atoms with E-state index in [9.17, 15) is 4.79 Å². The number of aliphatic carboxylic acids is 1. The molecule has 0 aliphatic rings. The molecule has 0 radical (unpaired) electrons. The minimum Gasteiger partial charge on any atom is -0.480 e. The summed E-state index contributed by atoms with van der Waals surface area (Å²) < 4.78 is 0. The Kier molecular flexibility index (Phi) is 2.62. The first-order valence-electron chi connectivity index (χ1n) is 4.45. The normalized spacial score (nSPS) is 14.9. The Morgan fingerprint density at radius 2 is 1.71 bits per heavy atom. The topological polar surface area (TPSA) is 63.3 Å². The molecule has 0 aliphatic heterocycles. The van der Waals surface area contributed by atoms with Crippen LogP contribution in [0.2, 0.25) is 0 Å². The van der Waals surface area contributed by atoms with Gasteiger partial charge in [-0.1, -0.05) is 29.3 Å². The number of nitrogens with two attached hydrogens (primary N) is 1. The van der Waals surface area contributed by atoms with Crippen LogP contribution in [0.4, 0.5) is 0 Å². The van der Waals surface area contributed by atoms with Gasteiger partial charge in [-0.05, 0) is 26.3 Å². The molecule has 76 valence electrons. The first-order chi connectivity index (χ1) is 6.34. The summed E-state index contributed by atoms with van der Waals surface area (Å²) in [7, 11) is 0. The van der Waals surface area contributed by atoms with Crippen LogP contribution >= 0.6 is 0 Å². The van der Waals surface area contributed by atoms with Crippen LogP contribution < -0.4 is 5.73 Å². The average Bonchev–Trinajstić information content (AvgIpc) is 2.01. The summed E-state index contributed by atoms with van der Waals surface area (Å²) in [4.78, 5) is 10.9. The van der Waals surface area contributed by atoms with Crippen molar-refractivity contribution in [2.24, 2.45) is 5.73 Å². The fourth-order valence-electron chi connectivity index (χ4n) is 1.40. The third-order valence-corrected chi connectivity index (χ3v) is 2.27. The molecule has 0 saturated heterocycles. The molecule has 0 heterocycles. The fraction of sp³-hybridized carbons (Fsp3) is 0.364. The van der Waals surface area contributed by atoms with Gasteiger partial charge in [-0.3, -0.25) is 0 Å². The van der Waals surface area contributed by atoms with E-state index in [1.54, 1.807) is 12.1 Å². The van der Waals surface area contributed by atoms with Crippen molar-refractivity contribution >= 4 is 5.97 Å². The molecular formula is C11H15NO2. The highest BCUT2D eigenvalue weighted by molar-refractivity contribution is 5.80. The highest BCUT2D eigenvalue weighted by atomic mass is 16.4. The van der Waals surface area contributed by atoms with Crippen LogP contribution in [-0.2, 0) is 10.3 Å². The van der Waals surface area contributed by atoms with Crippen LogP contribution in [-0.4, -0.2) is 11.1 Å². The van der Waals surface area contributed by atoms with E-state index in [1.165, 1.54) is 6.92 Å². The molecule has 0 saturated carbocycles. The molecule has 14 heavy (non-hydrogen) atoms. The monoisotopic (exact) mass is 193 g/mol. The van der Waals surface area contributed by atoms with Crippen LogP contribution in [0.25, 0.3) is 0 Å². The minimum absolute atomic E-state index is 0.641. The summed E-state index contributed by atoms with van der Waals surface area (Å²) in [6, 6.07) is 5.60. The molecule has 0 amide bonds. The number of hydrogen-bond acceptors (Lipinski definition) is 2. The lowest BCUT2D eigenvalue weighted by Crippen LogP contribution is -2.41. The summed E-state index contributed by atoms with van der Waals surface area (Å²) in [5.41, 5.74) is 7.10. The van der Waals surface area contributed by atoms with E-state index in [2.05, 4.69) is 0 Å². The van der Waals surface area contributed by atoms with E-state index in [4.69, 9.17) is 10.8 Å². The maximum absolute atomic E-state index is 10.9. The Hall–Kier alpha value is -1.35. The average molecular weight is 193 g/mol. The zero-order valence-electron chi connectivity index (χ0n) is 8.66. The minimum atomic E-state index is -1.31. The third kappa shape index (κ3) is 1.93. The fourth-order valence-corrected chi connectivity index (χ4v) is 1.40. The van der Waals surface area contributed by atoms with Crippen LogP contribution in [0.15, 0.2) is 18.2 Å². The second-order valence-electron chi connectivity index (χ2n) is 3.88. The number of rotatable bonds is 2. The zero-order valence-corrected chi connectivity index (χ0v) is 8.66. The quantitative estimate of drug-likeness (QED) is 0.749. The second-order valence-corrected chi connectivity index (χ2v) is 3.88. The van der Waals surface area contributed by atoms with Crippen LogP contribution in [0.3, 0.4) is 0 Å². The van der Waals surface area contributed by atoms with Gasteiger partial charge in [-0.2, -0.15) is 0 Å². The van der Waals surface area contributed by atoms with E-state index >= 15 is 0 Å². The molecule has 0 fully saturated rings. The van der Waals surface area contributed by atoms with E-state index in [1.807, 2.05) is 19.9 Å². The van der Waals surface area contributed by atoms with Crippen molar-refractivity contribution in [1.82, 2.24) is 0 Å². The zero-order chi connectivity index (χ0) is 10.9. The van der Waals surface area contributed by atoms with Crippen molar-refractivity contribution < 1.29 is 9.90 Å². The standard InChI is InChI=1S/C11H15NO2/c1-7-4-8(2)6-9(5-7)11(3,12)10(13)14/h4-6H,12H2,1-3H3,(H,13,14)/t11-/m1/s1. The molecule has 1 atom stereocenters. The summed E-state index contributed by atoms with van der Waals surface area (Å²) in [5.74, 6) is -1.01. The van der Waals surface area contributed by atoms with Crippen LogP contribution in [0.1, 0.15) is 23.6 Å². The summed E-state index contributed by atoms with van der Waals surface area (Å²) in [6.45, 7) is 5.35. The van der Waals surface area contributed by atoms with E-state index < -0.39 is 11.5 Å². The van der Waals surface area contributed by atoms with Crippen molar-refractivity contribution in [3.8, 4) is 0 Å². The van der Waals surface area contributed by atoms with E-state index in [-0.39, 0.29) is 0 Å². The Morgan fingerprint density at radius 1 is 1.29 bits per heavy atom. The van der Waals surface area contributed by atoms with E-state index in [0.717, 1.165) is 11.1 Å². The molecule has 1 aromatic rings. The Balaban J connectivity index is 3.25. The molecule has 3 heteroatoms. The van der Waals surface area contributed by atoms with Crippen molar-refractivity contribution in [1.29, 1.82) is 0 Å². The maximum Gasteiger partial charge on any atom is 0.328 e. The lowest BCUT2D eigenvalue weighted by molar-refractivity contribution is -0.143. The summed E-state index contributed by atoms with van der Waals surface area (Å²) >= 11 is 0. The molecule has 0 unspecified atom stereocenters. The lowest BCUT2D eigenvalue weighted by atomic mass is 9.91. The number of aryl methyl sites for hydroxylation is 2. The molecule has 0 spiro atoms. The number of hydrogen-bond donors (Lipinski definition) is 2. The van der Waals surface area contributed by atoms with Crippen molar-refractivity contribution in [2.75, 3.05) is 0 Å². The third-order valence-electron chi connectivity index (χ3n) is 2.27. The predicted octanol–water partition coefficient (Wildman–Crippen LogP) is 1.56. The van der Waals surface area contributed by atoms with E-state index in [0.29, 0.717) is 5.56 Å². The Bertz CT molecular complexity index is 349. The molecule has 3 nitrogen and oxygen atoms in total. The van der Waals surface area contributed by atoms with Gasteiger partial charge < -0.3 is 10.8 Å². The smallest absolute Gasteiger partial charge is 0.328 e. The molecule has 0 aliphatic carbocycles. The van der Waals surface area contributed by atoms with Crippen LogP contribution in [0.5, 0.6) is 0 Å². The van der Waals surface area contributed by atoms with Gasteiger partial charge in [0.2, 0.25) is 0 Å². The van der Waals surface area contributed by atoms with Crippen LogP contribution in [0, 0.1) is 13.8 Å². The number of carboxylic acid groups (broad SMARTS) is 1. The highest BCUT2D eigenvalue weighted by Gasteiger charge is 2.30. The van der Waals surface area contributed by atoms with Crippen molar-refractivity contribution in [2.45, 2.75) is 26.3 Å². The molecular weight excluding hydrogens is 178 g/mol. The molecule has 3 N–H and O–H groups in total. The highest BCUT2D eigenvalue weighted by Crippen LogP contribution is 2.20. The first kappa shape index (κ1) is 10.7. The summed E-state index contributed by atoms with van der Waals surface area (Å²) in [6.07, 6.45) is 0. The van der Waals surface area contributed by atoms with Gasteiger partial charge in [-0.15, -0.1) is 0 Å². The Morgan fingerprint density at radius 3 is 2.07 bits per heavy atom.